The molecule has 0 saturated heterocycles. The highest BCUT2D eigenvalue weighted by molar-refractivity contribution is 7.50. The number of nitrogens with zero attached hydrogens (tertiary/aromatic N) is 2. The maximum Gasteiger partial charge on any atom is 0.329 e. The van der Waals surface area contributed by atoms with Gasteiger partial charge in [-0.3, -0.25) is 14.0 Å². The molecule has 0 spiro atoms. The van der Waals surface area contributed by atoms with Crippen molar-refractivity contribution >= 4 is 25.3 Å². The van der Waals surface area contributed by atoms with Crippen LogP contribution < -0.4 is 5.32 Å². The van der Waals surface area contributed by atoms with Gasteiger partial charge in [-0.25, -0.2) is 0 Å². The number of nitrogens with one attached hydrogen (secondary N) is 1. The van der Waals surface area contributed by atoms with Crippen LogP contribution in [0.25, 0.3) is 17.3 Å². The highest BCUT2D eigenvalue weighted by Crippen LogP contribution is 2.39. The summed E-state index contributed by atoms with van der Waals surface area (Å²) in [6.07, 6.45) is 4.51. The molecule has 3 rings (SSSR count). The Balaban J connectivity index is 1.70. The van der Waals surface area contributed by atoms with Crippen LogP contribution in [-0.4, -0.2) is 25.5 Å². The van der Waals surface area contributed by atoms with Gasteiger partial charge < -0.3 is 15.1 Å². The summed E-state index contributed by atoms with van der Waals surface area (Å²) in [6.45, 7) is 2.02. The first kappa shape index (κ1) is 20.7. The molecule has 0 atom stereocenters. The quantitative estimate of drug-likeness (QED) is 0.424. The molecule has 0 bridgehead atoms. The summed E-state index contributed by atoms with van der Waals surface area (Å²) in [7, 11) is -2.26. The van der Waals surface area contributed by atoms with Crippen molar-refractivity contribution in [3.8, 4) is 11.3 Å². The summed E-state index contributed by atoms with van der Waals surface area (Å²) >= 11 is 0. The number of carbonyl (C=O) groups is 1. The fourth-order valence-electron chi connectivity index (χ4n) is 2.92. The summed E-state index contributed by atoms with van der Waals surface area (Å²) in [5.41, 5.74) is 4.96. The van der Waals surface area contributed by atoms with E-state index >= 15 is 0 Å². The molecule has 29 heavy (non-hydrogen) atoms. The van der Waals surface area contributed by atoms with Crippen molar-refractivity contribution in [1.29, 1.82) is 0 Å². The lowest BCUT2D eigenvalue weighted by Gasteiger charge is -2.06. The smallest absolute Gasteiger partial charge is 0.324 e. The van der Waals surface area contributed by atoms with E-state index in [-0.39, 0.29) is 12.1 Å². The second-order valence-corrected chi connectivity index (χ2v) is 8.43. The van der Waals surface area contributed by atoms with Gasteiger partial charge in [0.2, 0.25) is 5.91 Å². The van der Waals surface area contributed by atoms with E-state index in [1.807, 2.05) is 38.2 Å². The van der Waals surface area contributed by atoms with E-state index in [9.17, 15) is 9.36 Å². The van der Waals surface area contributed by atoms with Crippen LogP contribution in [0.1, 0.15) is 16.7 Å². The standard InChI is InChI=1S/C21H22N3O4P/c1-15-3-7-17(8-4-15)21-18(13-22-24(21)2)9-12-20(25)23-19-10-5-16(6-11-19)14-29(26,27)28/h3-13H,14H2,1-2H3,(H,23,25)(H2,26,27,28). The third kappa shape index (κ3) is 5.74. The predicted octanol–water partition coefficient (Wildman–Crippen LogP) is 3.73. The first-order chi connectivity index (χ1) is 13.7. The van der Waals surface area contributed by atoms with Gasteiger partial charge >= 0.3 is 7.60 Å². The van der Waals surface area contributed by atoms with Gasteiger partial charge in [-0.15, -0.1) is 0 Å². The average molecular weight is 411 g/mol. The van der Waals surface area contributed by atoms with Gasteiger partial charge in [-0.2, -0.15) is 5.10 Å². The Morgan fingerprint density at radius 2 is 1.79 bits per heavy atom. The molecule has 1 amide bonds. The van der Waals surface area contributed by atoms with Crippen LogP contribution in [0.4, 0.5) is 5.69 Å². The Hall–Kier alpha value is -2.99. The molecular weight excluding hydrogens is 389 g/mol. The van der Waals surface area contributed by atoms with Gasteiger partial charge in [0, 0.05) is 29.9 Å². The third-order valence-corrected chi connectivity index (χ3v) is 5.09. The number of anilines is 1. The number of benzene rings is 2. The largest absolute Gasteiger partial charge is 0.329 e. The van der Waals surface area contributed by atoms with Crippen molar-refractivity contribution in [1.82, 2.24) is 9.78 Å². The van der Waals surface area contributed by atoms with E-state index in [1.54, 1.807) is 41.2 Å². The molecule has 2 aromatic carbocycles. The van der Waals surface area contributed by atoms with Crippen LogP contribution in [-0.2, 0) is 22.6 Å². The number of hydrogen-bond acceptors (Lipinski definition) is 3. The van der Waals surface area contributed by atoms with Gasteiger partial charge in [0.15, 0.2) is 0 Å². The van der Waals surface area contributed by atoms with Gasteiger partial charge in [0.05, 0.1) is 18.1 Å². The zero-order valence-electron chi connectivity index (χ0n) is 16.1. The number of amides is 1. The Labute approximate surface area is 168 Å². The highest BCUT2D eigenvalue weighted by Gasteiger charge is 2.13. The number of carbonyl (C=O) groups excluding carboxylic acids is 1. The number of aryl methyl sites for hydroxylation is 2. The lowest BCUT2D eigenvalue weighted by atomic mass is 10.1. The molecular formula is C21H22N3O4P. The van der Waals surface area contributed by atoms with Crippen LogP contribution in [0.2, 0.25) is 0 Å². The SMILES string of the molecule is Cc1ccc(-c2c(C=CC(=O)Nc3ccc(CP(=O)(O)O)cc3)cnn2C)cc1. The van der Waals surface area contributed by atoms with Crippen LogP contribution in [0.5, 0.6) is 0 Å². The Bertz CT molecular complexity index is 1080. The lowest BCUT2D eigenvalue weighted by Crippen LogP contribution is -2.07. The Kier molecular flexibility index (Phi) is 6.13. The van der Waals surface area contributed by atoms with Crippen molar-refractivity contribution in [2.24, 2.45) is 7.05 Å². The van der Waals surface area contributed by atoms with Crippen molar-refractivity contribution in [2.75, 3.05) is 5.32 Å². The maximum atomic E-state index is 12.2. The molecule has 0 aliphatic carbocycles. The fourth-order valence-corrected chi connectivity index (χ4v) is 3.61. The Morgan fingerprint density at radius 1 is 1.14 bits per heavy atom. The second kappa shape index (κ2) is 8.57. The number of hydrogen-bond donors (Lipinski definition) is 3. The molecule has 0 unspecified atom stereocenters. The average Bonchev–Trinajstić information content (AvgIpc) is 3.02. The number of rotatable bonds is 6. The molecule has 3 N–H and O–H groups in total. The predicted molar refractivity (Wildman–Crippen MR) is 113 cm³/mol. The second-order valence-electron chi connectivity index (χ2n) is 6.78. The minimum Gasteiger partial charge on any atom is -0.324 e. The third-order valence-electron chi connectivity index (χ3n) is 4.32. The monoisotopic (exact) mass is 411 g/mol. The highest BCUT2D eigenvalue weighted by atomic mass is 31.2. The van der Waals surface area contributed by atoms with Crippen molar-refractivity contribution in [3.05, 3.63) is 77.5 Å². The van der Waals surface area contributed by atoms with E-state index < -0.39 is 7.60 Å². The molecule has 0 radical (unpaired) electrons. The molecule has 7 nitrogen and oxygen atoms in total. The molecule has 0 aliphatic heterocycles. The van der Waals surface area contributed by atoms with E-state index in [0.717, 1.165) is 16.8 Å². The molecule has 0 fully saturated rings. The van der Waals surface area contributed by atoms with E-state index in [4.69, 9.17) is 9.79 Å². The minimum absolute atomic E-state index is 0.313. The molecule has 1 aromatic heterocycles. The normalized spacial score (nSPS) is 11.7. The van der Waals surface area contributed by atoms with Crippen LogP contribution in [0.3, 0.4) is 0 Å². The molecule has 0 saturated carbocycles. The zero-order valence-corrected chi connectivity index (χ0v) is 17.0. The molecule has 150 valence electrons. The van der Waals surface area contributed by atoms with Crippen molar-refractivity contribution in [3.63, 3.8) is 0 Å². The minimum atomic E-state index is -4.11. The topological polar surface area (TPSA) is 104 Å². The first-order valence-corrected chi connectivity index (χ1v) is 10.7. The van der Waals surface area contributed by atoms with Crippen molar-refractivity contribution < 1.29 is 19.1 Å². The first-order valence-electron chi connectivity index (χ1n) is 8.93. The summed E-state index contributed by atoms with van der Waals surface area (Å²) in [5, 5.41) is 7.01. The van der Waals surface area contributed by atoms with Gasteiger partial charge in [0.25, 0.3) is 0 Å². The molecule has 1 heterocycles. The molecule has 8 heteroatoms. The summed E-state index contributed by atoms with van der Waals surface area (Å²) in [4.78, 5) is 30.3. The summed E-state index contributed by atoms with van der Waals surface area (Å²) in [5.74, 6) is -0.313. The lowest BCUT2D eigenvalue weighted by molar-refractivity contribution is -0.111. The van der Waals surface area contributed by atoms with E-state index in [0.29, 0.717) is 11.3 Å². The van der Waals surface area contributed by atoms with Crippen molar-refractivity contribution in [2.45, 2.75) is 13.1 Å². The van der Waals surface area contributed by atoms with E-state index in [2.05, 4.69) is 10.4 Å². The van der Waals surface area contributed by atoms with Crippen LogP contribution in [0, 0.1) is 6.92 Å². The molecule has 0 aliphatic rings. The number of aromatic nitrogens is 2. The van der Waals surface area contributed by atoms with Gasteiger partial charge in [-0.1, -0.05) is 42.0 Å². The van der Waals surface area contributed by atoms with Crippen LogP contribution in [0.15, 0.2) is 60.8 Å². The summed E-state index contributed by atoms with van der Waals surface area (Å²) < 4.78 is 12.8. The fraction of sp³-hybridized carbons (Fsp3) is 0.143. The van der Waals surface area contributed by atoms with E-state index in [1.165, 1.54) is 11.6 Å². The maximum absolute atomic E-state index is 12.2. The van der Waals surface area contributed by atoms with Gasteiger partial charge in [-0.05, 0) is 30.7 Å². The Morgan fingerprint density at radius 3 is 2.41 bits per heavy atom. The summed E-state index contributed by atoms with van der Waals surface area (Å²) in [6, 6.07) is 14.5. The van der Waals surface area contributed by atoms with Gasteiger partial charge in [0.1, 0.15) is 0 Å². The molecule has 3 aromatic rings. The zero-order chi connectivity index (χ0) is 21.0. The van der Waals surface area contributed by atoms with Crippen LogP contribution >= 0.6 is 7.60 Å².